The summed E-state index contributed by atoms with van der Waals surface area (Å²) >= 11 is 0. The van der Waals surface area contributed by atoms with Crippen molar-refractivity contribution in [3.05, 3.63) is 69.1 Å². The molecule has 2 aromatic carbocycles. The van der Waals surface area contributed by atoms with Crippen molar-refractivity contribution in [1.82, 2.24) is 0 Å². The molecule has 3 rings (SSSR count). The normalized spacial score (nSPS) is 10.6. The topological polar surface area (TPSA) is 82.6 Å². The lowest BCUT2D eigenvalue weighted by Crippen LogP contribution is -2.02. The fraction of sp³-hybridized carbons (Fsp3) is 0.0625. The molecule has 0 atom stereocenters. The van der Waals surface area contributed by atoms with Crippen LogP contribution >= 0.6 is 0 Å². The van der Waals surface area contributed by atoms with Gasteiger partial charge in [-0.3, -0.25) is 10.1 Å². The van der Waals surface area contributed by atoms with E-state index in [9.17, 15) is 14.9 Å². The molecule has 0 saturated carbocycles. The van der Waals surface area contributed by atoms with Gasteiger partial charge in [-0.2, -0.15) is 0 Å². The van der Waals surface area contributed by atoms with E-state index >= 15 is 0 Å². The van der Waals surface area contributed by atoms with E-state index < -0.39 is 10.5 Å². The molecule has 0 spiro atoms. The Labute approximate surface area is 124 Å². The smallest absolute Gasteiger partial charge is 0.344 e. The lowest BCUT2D eigenvalue weighted by Gasteiger charge is -2.04. The number of hydrogen-bond donors (Lipinski definition) is 0. The number of fused-ring (bicyclic) bond motifs is 1. The zero-order chi connectivity index (χ0) is 15.7. The summed E-state index contributed by atoms with van der Waals surface area (Å²) in [7, 11) is 1.55. The van der Waals surface area contributed by atoms with Crippen molar-refractivity contribution in [2.45, 2.75) is 0 Å². The number of nitro benzene ring substituents is 1. The van der Waals surface area contributed by atoms with E-state index in [4.69, 9.17) is 9.15 Å². The van der Waals surface area contributed by atoms with Gasteiger partial charge in [-0.05, 0) is 29.8 Å². The van der Waals surface area contributed by atoms with Crippen LogP contribution in [-0.2, 0) is 0 Å². The summed E-state index contributed by atoms with van der Waals surface area (Å²) in [5.41, 5.74) is 0.764. The number of nitro groups is 1. The van der Waals surface area contributed by atoms with E-state index in [0.29, 0.717) is 27.8 Å². The summed E-state index contributed by atoms with van der Waals surface area (Å²) < 4.78 is 10.3. The van der Waals surface area contributed by atoms with E-state index in [2.05, 4.69) is 0 Å². The molecular formula is C16H11NO5. The van der Waals surface area contributed by atoms with Crippen LogP contribution in [0, 0.1) is 10.1 Å². The van der Waals surface area contributed by atoms with Crippen molar-refractivity contribution in [3.8, 4) is 16.9 Å². The second-order valence-corrected chi connectivity index (χ2v) is 4.66. The molecule has 6 heteroatoms. The molecule has 0 aliphatic heterocycles. The lowest BCUT2D eigenvalue weighted by atomic mass is 10.1. The van der Waals surface area contributed by atoms with E-state index in [1.807, 2.05) is 0 Å². The average molecular weight is 297 g/mol. The summed E-state index contributed by atoms with van der Waals surface area (Å²) in [5.74, 6) is 0.671. The van der Waals surface area contributed by atoms with Gasteiger partial charge in [0.05, 0.1) is 17.6 Å². The van der Waals surface area contributed by atoms with Crippen LogP contribution < -0.4 is 10.4 Å². The molecule has 0 aliphatic carbocycles. The molecule has 0 fully saturated rings. The SMILES string of the molecule is COc1ccc(-c2cc3cc([N+](=O)[O-])ccc3oc2=O)cc1. The molecule has 0 bridgehead atoms. The van der Waals surface area contributed by atoms with Crippen molar-refractivity contribution in [3.63, 3.8) is 0 Å². The number of non-ortho nitro benzene ring substituents is 1. The van der Waals surface area contributed by atoms with Crippen LogP contribution in [0.15, 0.2) is 57.7 Å². The maximum atomic E-state index is 12.1. The average Bonchev–Trinajstić information content (AvgIpc) is 2.54. The number of nitrogens with zero attached hydrogens (tertiary/aromatic N) is 1. The Morgan fingerprint density at radius 1 is 1.09 bits per heavy atom. The number of benzene rings is 2. The summed E-state index contributed by atoms with van der Waals surface area (Å²) in [6, 6.07) is 12.6. The van der Waals surface area contributed by atoms with Gasteiger partial charge in [0.25, 0.3) is 5.69 Å². The van der Waals surface area contributed by atoms with Gasteiger partial charge in [0.2, 0.25) is 0 Å². The van der Waals surface area contributed by atoms with E-state index in [1.54, 1.807) is 37.4 Å². The molecule has 1 aromatic heterocycles. The van der Waals surface area contributed by atoms with Gasteiger partial charge >= 0.3 is 5.63 Å². The highest BCUT2D eigenvalue weighted by molar-refractivity contribution is 5.83. The summed E-state index contributed by atoms with van der Waals surface area (Å²) in [4.78, 5) is 22.4. The first-order valence-electron chi connectivity index (χ1n) is 6.45. The van der Waals surface area contributed by atoms with Crippen LogP contribution in [-0.4, -0.2) is 12.0 Å². The second kappa shape index (κ2) is 5.33. The molecular weight excluding hydrogens is 286 g/mol. The summed E-state index contributed by atoms with van der Waals surface area (Å²) in [6.45, 7) is 0. The van der Waals surface area contributed by atoms with Crippen molar-refractivity contribution < 1.29 is 14.1 Å². The minimum absolute atomic E-state index is 0.0537. The van der Waals surface area contributed by atoms with Gasteiger partial charge < -0.3 is 9.15 Å². The van der Waals surface area contributed by atoms with E-state index in [-0.39, 0.29) is 5.69 Å². The maximum Gasteiger partial charge on any atom is 0.344 e. The van der Waals surface area contributed by atoms with Gasteiger partial charge in [-0.15, -0.1) is 0 Å². The van der Waals surface area contributed by atoms with Gasteiger partial charge in [0.15, 0.2) is 0 Å². The van der Waals surface area contributed by atoms with Crippen molar-refractivity contribution >= 4 is 16.7 Å². The molecule has 0 aliphatic rings. The quantitative estimate of drug-likeness (QED) is 0.420. The van der Waals surface area contributed by atoms with Gasteiger partial charge in [-0.25, -0.2) is 4.79 Å². The molecule has 3 aromatic rings. The van der Waals surface area contributed by atoms with Crippen molar-refractivity contribution in [1.29, 1.82) is 0 Å². The van der Waals surface area contributed by atoms with Crippen molar-refractivity contribution in [2.75, 3.05) is 7.11 Å². The zero-order valence-corrected chi connectivity index (χ0v) is 11.6. The van der Waals surface area contributed by atoms with Crippen molar-refractivity contribution in [2.24, 2.45) is 0 Å². The Balaban J connectivity index is 2.17. The molecule has 0 radical (unpaired) electrons. The third kappa shape index (κ3) is 2.42. The zero-order valence-electron chi connectivity index (χ0n) is 11.6. The first-order valence-corrected chi connectivity index (χ1v) is 6.45. The highest BCUT2D eigenvalue weighted by Gasteiger charge is 2.11. The fourth-order valence-electron chi connectivity index (χ4n) is 2.20. The monoisotopic (exact) mass is 297 g/mol. The standard InChI is InChI=1S/C16H11NO5/c1-21-13-5-2-10(3-6-13)14-9-11-8-12(17(19)20)4-7-15(11)22-16(14)18/h2-9H,1H3. The van der Waals surface area contributed by atoms with Crippen LogP contribution in [0.4, 0.5) is 5.69 Å². The molecule has 6 nitrogen and oxygen atoms in total. The fourth-order valence-corrected chi connectivity index (χ4v) is 2.20. The molecule has 0 N–H and O–H groups in total. The molecule has 22 heavy (non-hydrogen) atoms. The van der Waals surface area contributed by atoms with Crippen LogP contribution in [0.25, 0.3) is 22.1 Å². The highest BCUT2D eigenvalue weighted by atomic mass is 16.6. The Kier molecular flexibility index (Phi) is 3.34. The van der Waals surface area contributed by atoms with Crippen LogP contribution in [0.3, 0.4) is 0 Å². The summed E-state index contributed by atoms with van der Waals surface area (Å²) in [5, 5.41) is 11.3. The maximum absolute atomic E-state index is 12.1. The number of methoxy groups -OCH3 is 1. The predicted octanol–water partition coefficient (Wildman–Crippen LogP) is 3.38. The molecule has 1 heterocycles. The number of rotatable bonds is 3. The highest BCUT2D eigenvalue weighted by Crippen LogP contribution is 2.25. The molecule has 0 amide bonds. The minimum atomic E-state index is -0.494. The third-order valence-electron chi connectivity index (χ3n) is 3.33. The van der Waals surface area contributed by atoms with Gasteiger partial charge in [0.1, 0.15) is 11.3 Å². The summed E-state index contributed by atoms with van der Waals surface area (Å²) in [6.07, 6.45) is 0. The number of ether oxygens (including phenoxy) is 1. The Bertz CT molecular complexity index is 912. The predicted molar refractivity (Wildman–Crippen MR) is 81.1 cm³/mol. The number of hydrogen-bond acceptors (Lipinski definition) is 5. The van der Waals surface area contributed by atoms with E-state index in [0.717, 1.165) is 0 Å². The molecule has 0 unspecified atom stereocenters. The van der Waals surface area contributed by atoms with Crippen LogP contribution in [0.1, 0.15) is 0 Å². The minimum Gasteiger partial charge on any atom is -0.497 e. The van der Waals surface area contributed by atoms with E-state index in [1.165, 1.54) is 18.2 Å². The van der Waals surface area contributed by atoms with Crippen LogP contribution in [0.5, 0.6) is 5.75 Å². The van der Waals surface area contributed by atoms with Gasteiger partial charge in [0, 0.05) is 17.5 Å². The Morgan fingerprint density at radius 3 is 2.45 bits per heavy atom. The lowest BCUT2D eigenvalue weighted by molar-refractivity contribution is -0.384. The molecule has 110 valence electrons. The largest absolute Gasteiger partial charge is 0.497 e. The Morgan fingerprint density at radius 2 is 1.82 bits per heavy atom. The Hall–Kier alpha value is -3.15. The van der Waals surface area contributed by atoms with Crippen LogP contribution in [0.2, 0.25) is 0 Å². The van der Waals surface area contributed by atoms with Gasteiger partial charge in [-0.1, -0.05) is 12.1 Å². The first kappa shape index (κ1) is 13.8. The third-order valence-corrected chi connectivity index (χ3v) is 3.33. The first-order chi connectivity index (χ1) is 10.6. The molecule has 0 saturated heterocycles. The second-order valence-electron chi connectivity index (χ2n) is 4.66.